The minimum Gasteiger partial charge on any atom is -0.497 e. The third kappa shape index (κ3) is 5.46. The molecule has 2 rings (SSSR count). The van der Waals surface area contributed by atoms with Crippen LogP contribution in [0.5, 0.6) is 5.75 Å². The molecule has 0 heterocycles. The molecule has 0 bridgehead atoms. The summed E-state index contributed by atoms with van der Waals surface area (Å²) in [5.41, 5.74) is 2.17. The zero-order valence-electron chi connectivity index (χ0n) is 17.3. The van der Waals surface area contributed by atoms with Gasteiger partial charge in [0, 0.05) is 30.9 Å². The Hall–Kier alpha value is -3.08. The average Bonchev–Trinajstić information content (AvgIpc) is 2.69. The summed E-state index contributed by atoms with van der Waals surface area (Å²) in [6.45, 7) is 10.3. The SMILES string of the molecule is C=NC(=CN(C)C(=O)N(Cc1ccccc1)C(C)(C)C)c1cccc(OC)c1. The van der Waals surface area contributed by atoms with Gasteiger partial charge >= 0.3 is 6.03 Å². The Morgan fingerprint density at radius 3 is 2.39 bits per heavy atom. The van der Waals surface area contributed by atoms with Gasteiger partial charge in [0.2, 0.25) is 0 Å². The zero-order valence-corrected chi connectivity index (χ0v) is 17.3. The molecule has 0 fully saturated rings. The summed E-state index contributed by atoms with van der Waals surface area (Å²) < 4.78 is 5.27. The molecular formula is C23H29N3O2. The van der Waals surface area contributed by atoms with E-state index in [0.717, 1.165) is 16.9 Å². The fraction of sp³-hybridized carbons (Fsp3) is 0.304. The number of nitrogens with zero attached hydrogens (tertiary/aromatic N) is 3. The van der Waals surface area contributed by atoms with Gasteiger partial charge in [-0.3, -0.25) is 4.99 Å². The summed E-state index contributed by atoms with van der Waals surface area (Å²) >= 11 is 0. The molecule has 2 aromatic rings. The van der Waals surface area contributed by atoms with Gasteiger partial charge < -0.3 is 14.5 Å². The van der Waals surface area contributed by atoms with E-state index < -0.39 is 0 Å². The van der Waals surface area contributed by atoms with Gasteiger partial charge in [-0.05, 0) is 45.2 Å². The highest BCUT2D eigenvalue weighted by atomic mass is 16.5. The van der Waals surface area contributed by atoms with Crippen LogP contribution in [0.4, 0.5) is 4.79 Å². The van der Waals surface area contributed by atoms with Gasteiger partial charge in [-0.15, -0.1) is 0 Å². The molecule has 0 aliphatic rings. The lowest BCUT2D eigenvalue weighted by atomic mass is 10.0. The molecule has 0 saturated heterocycles. The summed E-state index contributed by atoms with van der Waals surface area (Å²) in [7, 11) is 3.35. The Morgan fingerprint density at radius 2 is 1.82 bits per heavy atom. The number of amides is 2. The van der Waals surface area contributed by atoms with Gasteiger partial charge in [0.25, 0.3) is 0 Å². The van der Waals surface area contributed by atoms with Gasteiger partial charge in [-0.2, -0.15) is 0 Å². The summed E-state index contributed by atoms with van der Waals surface area (Å²) in [6, 6.07) is 17.4. The first-order valence-electron chi connectivity index (χ1n) is 9.17. The molecule has 0 unspecified atom stereocenters. The molecule has 0 aliphatic carbocycles. The van der Waals surface area contributed by atoms with Crippen molar-refractivity contribution in [2.75, 3.05) is 14.2 Å². The Labute approximate surface area is 168 Å². The first-order chi connectivity index (χ1) is 13.3. The number of hydrogen-bond donors (Lipinski definition) is 0. The van der Waals surface area contributed by atoms with Crippen molar-refractivity contribution >= 4 is 18.4 Å². The number of ether oxygens (including phenoxy) is 1. The van der Waals surface area contributed by atoms with E-state index in [4.69, 9.17) is 4.74 Å². The maximum Gasteiger partial charge on any atom is 0.324 e. The van der Waals surface area contributed by atoms with Gasteiger partial charge in [-0.25, -0.2) is 4.79 Å². The quantitative estimate of drug-likeness (QED) is 0.660. The molecular weight excluding hydrogens is 350 g/mol. The van der Waals surface area contributed by atoms with Crippen LogP contribution in [-0.4, -0.2) is 42.2 Å². The van der Waals surface area contributed by atoms with E-state index >= 15 is 0 Å². The van der Waals surface area contributed by atoms with Gasteiger partial charge in [0.05, 0.1) is 12.8 Å². The van der Waals surface area contributed by atoms with Gasteiger partial charge in [0.1, 0.15) is 5.75 Å². The van der Waals surface area contributed by atoms with Crippen molar-refractivity contribution in [3.05, 3.63) is 71.9 Å². The van der Waals surface area contributed by atoms with E-state index in [-0.39, 0.29) is 11.6 Å². The molecule has 0 aromatic heterocycles. The van der Waals surface area contributed by atoms with Crippen LogP contribution >= 0.6 is 0 Å². The fourth-order valence-corrected chi connectivity index (χ4v) is 2.78. The number of aliphatic imine (C=N–C) groups is 1. The molecule has 0 aliphatic heterocycles. The minimum atomic E-state index is -0.341. The van der Waals surface area contributed by atoms with E-state index in [9.17, 15) is 4.79 Å². The van der Waals surface area contributed by atoms with Crippen molar-refractivity contribution in [2.24, 2.45) is 4.99 Å². The predicted molar refractivity (Wildman–Crippen MR) is 115 cm³/mol. The normalized spacial score (nSPS) is 11.7. The first kappa shape index (κ1) is 21.2. The molecule has 28 heavy (non-hydrogen) atoms. The molecule has 2 aromatic carbocycles. The number of methoxy groups -OCH3 is 1. The van der Waals surface area contributed by atoms with Crippen LogP contribution in [-0.2, 0) is 6.54 Å². The molecule has 148 valence electrons. The zero-order chi connectivity index (χ0) is 20.7. The number of urea groups is 1. The van der Waals surface area contributed by atoms with Crippen molar-refractivity contribution in [1.82, 2.24) is 9.80 Å². The van der Waals surface area contributed by atoms with Crippen molar-refractivity contribution in [2.45, 2.75) is 32.9 Å². The molecule has 2 amide bonds. The van der Waals surface area contributed by atoms with Crippen LogP contribution in [0.1, 0.15) is 31.9 Å². The maximum absolute atomic E-state index is 13.2. The number of hydrogen-bond acceptors (Lipinski definition) is 3. The van der Waals surface area contributed by atoms with E-state index in [1.165, 1.54) is 0 Å². The standard InChI is InChI=1S/C23H29N3O2/c1-23(2,3)26(16-18-11-8-7-9-12-18)22(27)25(5)17-21(24-4)19-13-10-14-20(15-19)28-6/h7-15,17H,4,16H2,1-3,5-6H3. The van der Waals surface area contributed by atoms with Crippen molar-refractivity contribution in [3.8, 4) is 5.75 Å². The maximum atomic E-state index is 13.2. The van der Waals surface area contributed by atoms with Crippen molar-refractivity contribution < 1.29 is 9.53 Å². The third-order valence-electron chi connectivity index (χ3n) is 4.38. The molecule has 0 radical (unpaired) electrons. The van der Waals surface area contributed by atoms with Crippen molar-refractivity contribution in [3.63, 3.8) is 0 Å². The van der Waals surface area contributed by atoms with Crippen LogP contribution in [0.3, 0.4) is 0 Å². The average molecular weight is 380 g/mol. The van der Waals surface area contributed by atoms with Crippen LogP contribution in [0.25, 0.3) is 5.70 Å². The van der Waals surface area contributed by atoms with Gasteiger partial charge in [-0.1, -0.05) is 42.5 Å². The van der Waals surface area contributed by atoms with E-state index in [1.54, 1.807) is 25.3 Å². The highest BCUT2D eigenvalue weighted by molar-refractivity contribution is 5.79. The number of benzene rings is 2. The highest BCUT2D eigenvalue weighted by Crippen LogP contribution is 2.23. The van der Waals surface area contributed by atoms with E-state index in [2.05, 4.69) is 11.7 Å². The van der Waals surface area contributed by atoms with Crippen LogP contribution in [0, 0.1) is 0 Å². The summed E-state index contributed by atoms with van der Waals surface area (Å²) in [4.78, 5) is 20.7. The third-order valence-corrected chi connectivity index (χ3v) is 4.38. The number of carbonyl (C=O) groups is 1. The Balaban J connectivity index is 2.29. The summed E-state index contributed by atoms with van der Waals surface area (Å²) in [5, 5.41) is 0. The lowest BCUT2D eigenvalue weighted by Gasteiger charge is -2.37. The first-order valence-corrected chi connectivity index (χ1v) is 9.17. The molecule has 0 spiro atoms. The van der Waals surface area contributed by atoms with E-state index in [1.807, 2.05) is 80.3 Å². The molecule has 0 N–H and O–H groups in total. The second kappa shape index (κ2) is 9.22. The number of carbonyl (C=O) groups excluding carboxylic acids is 1. The lowest BCUT2D eigenvalue weighted by molar-refractivity contribution is 0.121. The highest BCUT2D eigenvalue weighted by Gasteiger charge is 2.28. The Bertz CT molecular complexity index is 838. The van der Waals surface area contributed by atoms with Crippen molar-refractivity contribution in [1.29, 1.82) is 0 Å². The Morgan fingerprint density at radius 1 is 1.14 bits per heavy atom. The molecule has 0 saturated carbocycles. The second-order valence-electron chi connectivity index (χ2n) is 7.54. The molecule has 5 heteroatoms. The van der Waals surface area contributed by atoms with Crippen LogP contribution in [0.2, 0.25) is 0 Å². The topological polar surface area (TPSA) is 45.1 Å². The Kier molecular flexibility index (Phi) is 6.99. The van der Waals surface area contributed by atoms with Gasteiger partial charge in [0.15, 0.2) is 0 Å². The summed E-state index contributed by atoms with van der Waals surface area (Å²) in [5.74, 6) is 0.724. The van der Waals surface area contributed by atoms with Crippen LogP contribution < -0.4 is 4.74 Å². The largest absolute Gasteiger partial charge is 0.497 e. The lowest BCUT2D eigenvalue weighted by Crippen LogP contribution is -2.49. The van der Waals surface area contributed by atoms with E-state index in [0.29, 0.717) is 12.2 Å². The fourth-order valence-electron chi connectivity index (χ4n) is 2.78. The number of rotatable bonds is 6. The predicted octanol–water partition coefficient (Wildman–Crippen LogP) is 5.05. The molecule has 0 atom stereocenters. The summed E-state index contributed by atoms with van der Waals surface area (Å²) in [6.07, 6.45) is 1.70. The monoisotopic (exact) mass is 379 g/mol. The van der Waals surface area contributed by atoms with Crippen LogP contribution in [0.15, 0.2) is 65.8 Å². The second-order valence-corrected chi connectivity index (χ2v) is 7.54. The minimum absolute atomic E-state index is 0.111. The smallest absolute Gasteiger partial charge is 0.324 e. The molecule has 5 nitrogen and oxygen atoms in total.